The Bertz CT molecular complexity index is 4210. The molecule has 4 fully saturated rings. The van der Waals surface area contributed by atoms with Gasteiger partial charge in [0, 0.05) is 120 Å². The molecule has 0 unspecified atom stereocenters. The van der Waals surface area contributed by atoms with E-state index in [1.54, 1.807) is 81.7 Å². The van der Waals surface area contributed by atoms with Gasteiger partial charge in [0.05, 0.1) is 81.7 Å². The molecule has 0 bridgehead atoms. The predicted molar refractivity (Wildman–Crippen MR) is 443 cm³/mol. The predicted octanol–water partition coefficient (Wildman–Crippen LogP) is 1.45. The van der Waals surface area contributed by atoms with E-state index in [2.05, 4.69) is 81.7 Å². The first kappa shape index (κ1) is 106. The Balaban J connectivity index is 0.000000497. The van der Waals surface area contributed by atoms with Crippen molar-refractivity contribution in [3.05, 3.63) is 73.3 Å². The van der Waals surface area contributed by atoms with Gasteiger partial charge in [0.2, 0.25) is 0 Å². The molecule has 12 rings (SSSR count). The van der Waals surface area contributed by atoms with Crippen LogP contribution in [0.25, 0.3) is 43.1 Å². The second-order valence-electron chi connectivity index (χ2n) is 25.7. The summed E-state index contributed by atoms with van der Waals surface area (Å²) >= 11 is 0. The van der Waals surface area contributed by atoms with E-state index in [1.807, 2.05) is 76.7 Å². The maximum atomic E-state index is 9.10. The van der Waals surface area contributed by atoms with Crippen LogP contribution in [0.15, 0.2) is 73.3 Å². The normalized spacial score (nSPS) is 13.4. The average Bonchev–Trinajstić information content (AvgIpc) is 0.802. The van der Waals surface area contributed by atoms with Crippen molar-refractivity contribution in [1.29, 1.82) is 0 Å². The smallest absolute Gasteiger partial charge is 0.414 e. The number of carboxylic acid groups (broad SMARTS) is 12. The van der Waals surface area contributed by atoms with Crippen LogP contribution in [0.2, 0.25) is 0 Å². The number of benzene rings is 4. The number of ether oxygens (including phenoxy) is 8. The molecule has 18 N–H and O–H groups in total. The highest BCUT2D eigenvalue weighted by Gasteiger charge is 2.27. The van der Waals surface area contributed by atoms with Gasteiger partial charge >= 0.3 is 71.6 Å². The van der Waals surface area contributed by atoms with Crippen LogP contribution >= 0.6 is 0 Å². The summed E-state index contributed by atoms with van der Waals surface area (Å²) in [5.74, 6) is -12.5. The van der Waals surface area contributed by atoms with Crippen LogP contribution in [0.5, 0.6) is 46.0 Å². The summed E-state index contributed by atoms with van der Waals surface area (Å²) in [7, 11) is 21.3. The van der Waals surface area contributed by atoms with Crippen molar-refractivity contribution in [3.63, 3.8) is 0 Å². The van der Waals surface area contributed by atoms with E-state index in [-0.39, 0.29) is 5.48 Å². The number of rotatable bonds is 16. The second kappa shape index (κ2) is 54.5. The minimum atomic E-state index is -1.82. The third-order valence-electron chi connectivity index (χ3n) is 18.5. The van der Waals surface area contributed by atoms with Gasteiger partial charge in [-0.2, -0.15) is 20.4 Å². The number of anilines is 4. The van der Waals surface area contributed by atoms with Crippen molar-refractivity contribution in [3.8, 4) is 46.0 Å². The van der Waals surface area contributed by atoms with Gasteiger partial charge in [-0.3, -0.25) is 0 Å². The molecule has 0 atom stereocenters. The Hall–Kier alpha value is -14.7. The van der Waals surface area contributed by atoms with Crippen LogP contribution in [0.4, 0.5) is 23.3 Å². The molecule has 49 heteroatoms. The van der Waals surface area contributed by atoms with Crippen molar-refractivity contribution < 1.29 is 162 Å². The molecule has 4 saturated heterocycles. The maximum Gasteiger partial charge on any atom is 0.414 e. The average molecular weight is 1770 g/mol. The quantitative estimate of drug-likeness (QED) is 0.0609. The lowest BCUT2D eigenvalue weighted by molar-refractivity contribution is -0.159. The van der Waals surface area contributed by atoms with Crippen molar-refractivity contribution in [2.24, 2.45) is 0 Å². The van der Waals surface area contributed by atoms with Crippen LogP contribution in [-0.4, -0.2) is 341 Å². The highest BCUT2D eigenvalue weighted by molar-refractivity contribution is 6.29. The largest absolute Gasteiger partial charge is 0.493 e. The number of aromatic nitrogens is 8. The first-order chi connectivity index (χ1) is 58.9. The fraction of sp³-hybridized carbons (Fsp3) is 0.421. The molecule has 0 aliphatic carbocycles. The summed E-state index contributed by atoms with van der Waals surface area (Å²) in [6, 6.07) is 18.1. The SMILES string of the molecule is CNC1CCN(c2nncc3cc(OC)c(OC)cc23)CC1.CNC1CCN(c2nncc3cc(OC)c(OC)cc23)CC1.CNC1CCN(c2nncc3cc(OC)c(OC)cc23)CC1.CNC1CCN(c2nncc3cc(OC)c(OC)cc23)CC1.O.O=C(O)C(=O)O.O=C(O)C(=O)O.O=C(O)C(=O)O.O=C(O)C(=O)O.O=C(O)C(=O)O.O=C(O)C(=O)O. The Morgan fingerprint density at radius 3 is 0.496 bits per heavy atom. The number of fused-ring (bicyclic) bond motifs is 4. The van der Waals surface area contributed by atoms with Crippen molar-refractivity contribution in [2.75, 3.05) is 157 Å². The first-order valence-electron chi connectivity index (χ1n) is 36.9. The zero-order valence-electron chi connectivity index (χ0n) is 69.9. The van der Waals surface area contributed by atoms with Gasteiger partial charge in [-0.05, 0) is 128 Å². The molecule has 49 nitrogen and oxygen atoms in total. The molecule has 4 aliphatic rings. The summed E-state index contributed by atoms with van der Waals surface area (Å²) in [5, 5.41) is 144. The molecular weight excluding hydrogens is 1660 g/mol. The molecule has 0 radical (unpaired) electrons. The Morgan fingerprint density at radius 1 is 0.256 bits per heavy atom. The lowest BCUT2D eigenvalue weighted by Gasteiger charge is -2.32. The van der Waals surface area contributed by atoms with Gasteiger partial charge < -0.3 is 146 Å². The van der Waals surface area contributed by atoms with E-state index in [1.165, 1.54) is 0 Å². The van der Waals surface area contributed by atoms with Gasteiger partial charge in [-0.25, -0.2) is 57.5 Å². The summed E-state index contributed by atoms with van der Waals surface area (Å²) in [4.78, 5) is 118. The second-order valence-corrected chi connectivity index (χ2v) is 25.7. The molecule has 684 valence electrons. The summed E-state index contributed by atoms with van der Waals surface area (Å²) in [6.07, 6.45) is 16.0. The number of hydrogen-bond donors (Lipinski definition) is 16. The van der Waals surface area contributed by atoms with Gasteiger partial charge in [-0.15, -0.1) is 20.4 Å². The number of carbonyl (C=O) groups is 12. The number of piperidine rings is 4. The molecule has 4 aliphatic heterocycles. The van der Waals surface area contributed by atoms with E-state index < -0.39 is 71.6 Å². The van der Waals surface area contributed by atoms with Crippen LogP contribution in [0.3, 0.4) is 0 Å². The lowest BCUT2D eigenvalue weighted by Crippen LogP contribution is -2.41. The Kier molecular flexibility index (Phi) is 46.4. The van der Waals surface area contributed by atoms with Crippen molar-refractivity contribution in [1.82, 2.24) is 62.1 Å². The topological polar surface area (TPSA) is 717 Å². The molecular formula is C76H102N16O33. The van der Waals surface area contributed by atoms with Gasteiger partial charge in [-0.1, -0.05) is 0 Å². The van der Waals surface area contributed by atoms with Crippen molar-refractivity contribution >= 4 is 138 Å². The number of nitrogens with one attached hydrogen (secondary N) is 4. The maximum absolute atomic E-state index is 9.10. The van der Waals surface area contributed by atoms with Gasteiger partial charge in [0.25, 0.3) is 0 Å². The number of hydrogen-bond acceptors (Lipinski definition) is 36. The Morgan fingerprint density at radius 2 is 0.384 bits per heavy atom. The first-order valence-corrected chi connectivity index (χ1v) is 36.9. The highest BCUT2D eigenvalue weighted by Crippen LogP contribution is 2.40. The number of carboxylic acids is 12. The molecule has 8 heterocycles. The molecule has 0 saturated carbocycles. The molecule has 4 aromatic carbocycles. The Labute approximate surface area is 711 Å². The monoisotopic (exact) mass is 1770 g/mol. The summed E-state index contributed by atoms with van der Waals surface area (Å²) in [5.41, 5.74) is 0. The fourth-order valence-corrected chi connectivity index (χ4v) is 12.0. The molecule has 125 heavy (non-hydrogen) atoms. The van der Waals surface area contributed by atoms with E-state index in [9.17, 15) is 0 Å². The number of nitrogens with zero attached hydrogens (tertiary/aromatic N) is 12. The van der Waals surface area contributed by atoms with Crippen LogP contribution < -0.4 is 78.8 Å². The third-order valence-corrected chi connectivity index (χ3v) is 18.5. The molecule has 0 spiro atoms. The standard InChI is InChI=1S/4C16H22N4O2.6C2H2O4.H2O/c4*1-17-12-4-6-20(7-5-12)16-13-9-15(22-3)14(21-2)8-11(13)10-18-19-16;6*3-1(4)2(5)6;/h4*8-10,12,17H,4-7H2,1-3H3;6*(H,3,4)(H,5,6);1H2. The van der Waals surface area contributed by atoms with Gasteiger partial charge in [0.15, 0.2) is 69.3 Å². The molecule has 0 amide bonds. The van der Waals surface area contributed by atoms with E-state index in [0.29, 0.717) is 47.2 Å². The summed E-state index contributed by atoms with van der Waals surface area (Å²) < 4.78 is 43.1. The summed E-state index contributed by atoms with van der Waals surface area (Å²) in [6.45, 7) is 7.84. The minimum Gasteiger partial charge on any atom is -0.493 e. The molecule has 8 aromatic rings. The van der Waals surface area contributed by atoms with Crippen LogP contribution in [0, 0.1) is 0 Å². The highest BCUT2D eigenvalue weighted by atomic mass is 16.5. The van der Waals surface area contributed by atoms with E-state index in [0.717, 1.165) is 193 Å². The van der Waals surface area contributed by atoms with Crippen LogP contribution in [0.1, 0.15) is 51.4 Å². The molecule has 4 aromatic heterocycles. The zero-order valence-corrected chi connectivity index (χ0v) is 69.9. The number of methoxy groups -OCH3 is 8. The third kappa shape index (κ3) is 33.7. The van der Waals surface area contributed by atoms with E-state index >= 15 is 0 Å². The zero-order chi connectivity index (χ0) is 93.0. The van der Waals surface area contributed by atoms with E-state index in [4.69, 9.17) is 157 Å². The lowest BCUT2D eigenvalue weighted by atomic mass is 10.0. The van der Waals surface area contributed by atoms with Crippen LogP contribution in [-0.2, 0) is 57.5 Å². The number of aliphatic carboxylic acids is 12. The fourth-order valence-electron chi connectivity index (χ4n) is 12.0. The van der Waals surface area contributed by atoms with Crippen molar-refractivity contribution in [2.45, 2.75) is 75.5 Å². The van der Waals surface area contributed by atoms with Gasteiger partial charge in [0.1, 0.15) is 0 Å². The minimum absolute atomic E-state index is 0.